The molecule has 8 nitrogen and oxygen atoms in total. The molecule has 0 aliphatic heterocycles. The second-order valence-corrected chi connectivity index (χ2v) is 7.86. The maximum Gasteiger partial charge on any atom is 0.275 e. The Balaban J connectivity index is 1.54. The summed E-state index contributed by atoms with van der Waals surface area (Å²) in [5.41, 5.74) is 3.95. The summed E-state index contributed by atoms with van der Waals surface area (Å²) < 4.78 is 20.7. The molecule has 30 heavy (non-hydrogen) atoms. The van der Waals surface area contributed by atoms with Crippen molar-refractivity contribution in [3.05, 3.63) is 52.5 Å². The fraction of sp³-hybridized carbons (Fsp3) is 0.200. The number of carbonyl (C=O) groups excluding carboxylic acids is 1. The van der Waals surface area contributed by atoms with E-state index in [1.54, 1.807) is 29.1 Å². The zero-order valence-electron chi connectivity index (χ0n) is 16.8. The second-order valence-electron chi connectivity index (χ2n) is 6.66. The summed E-state index contributed by atoms with van der Waals surface area (Å²) >= 11 is 1.31. The third-order valence-electron chi connectivity index (χ3n) is 4.78. The molecule has 1 amide bonds. The zero-order chi connectivity index (χ0) is 21.4. The number of H-pyrrole nitrogens is 1. The van der Waals surface area contributed by atoms with Crippen LogP contribution in [0.1, 0.15) is 21.1 Å². The Kier molecular flexibility index (Phi) is 5.08. The highest BCUT2D eigenvalue weighted by molar-refractivity contribution is 7.16. The van der Waals surface area contributed by atoms with E-state index in [0.717, 1.165) is 16.1 Å². The first-order chi connectivity index (χ1) is 14.4. The zero-order valence-corrected chi connectivity index (χ0v) is 17.6. The van der Waals surface area contributed by atoms with Crippen LogP contribution in [0.15, 0.2) is 30.5 Å². The van der Waals surface area contributed by atoms with Gasteiger partial charge in [-0.05, 0) is 38.1 Å². The van der Waals surface area contributed by atoms with Crippen LogP contribution in [0.3, 0.4) is 0 Å². The molecule has 3 heterocycles. The lowest BCUT2D eigenvalue weighted by Crippen LogP contribution is -2.12. The van der Waals surface area contributed by atoms with E-state index in [4.69, 9.17) is 4.74 Å². The van der Waals surface area contributed by atoms with Crippen LogP contribution in [-0.4, -0.2) is 38.0 Å². The third-order valence-corrected chi connectivity index (χ3v) is 5.66. The molecule has 154 valence electrons. The Morgan fingerprint density at radius 1 is 1.30 bits per heavy atom. The first-order valence-electron chi connectivity index (χ1n) is 9.04. The largest absolute Gasteiger partial charge is 0.494 e. The summed E-state index contributed by atoms with van der Waals surface area (Å²) in [4.78, 5) is 17.9. The van der Waals surface area contributed by atoms with Crippen molar-refractivity contribution in [1.29, 1.82) is 0 Å². The van der Waals surface area contributed by atoms with E-state index in [2.05, 4.69) is 25.6 Å². The Labute approximate surface area is 175 Å². The van der Waals surface area contributed by atoms with Gasteiger partial charge >= 0.3 is 0 Å². The lowest BCUT2D eigenvalue weighted by Gasteiger charge is -2.04. The van der Waals surface area contributed by atoms with Crippen LogP contribution in [0.2, 0.25) is 0 Å². The number of aryl methyl sites for hydroxylation is 2. The second kappa shape index (κ2) is 7.71. The van der Waals surface area contributed by atoms with Gasteiger partial charge < -0.3 is 4.74 Å². The number of thiazole rings is 1. The van der Waals surface area contributed by atoms with E-state index < -0.39 is 5.82 Å². The minimum Gasteiger partial charge on any atom is -0.494 e. The topological polar surface area (TPSA) is 97.7 Å². The van der Waals surface area contributed by atoms with E-state index >= 15 is 0 Å². The number of amides is 1. The van der Waals surface area contributed by atoms with E-state index in [-0.39, 0.29) is 11.7 Å². The summed E-state index contributed by atoms with van der Waals surface area (Å²) in [7, 11) is 3.26. The van der Waals surface area contributed by atoms with Gasteiger partial charge in [0.15, 0.2) is 16.7 Å². The fourth-order valence-electron chi connectivity index (χ4n) is 3.02. The molecule has 3 aromatic heterocycles. The molecular formula is C20H19FN6O2S. The molecule has 2 N–H and O–H groups in total. The van der Waals surface area contributed by atoms with E-state index in [0.29, 0.717) is 27.8 Å². The van der Waals surface area contributed by atoms with Crippen LogP contribution in [0.4, 0.5) is 9.52 Å². The average molecular weight is 426 g/mol. The first kappa shape index (κ1) is 19.8. The van der Waals surface area contributed by atoms with Crippen molar-refractivity contribution in [1.82, 2.24) is 25.0 Å². The molecule has 0 radical (unpaired) electrons. The van der Waals surface area contributed by atoms with E-state index in [1.165, 1.54) is 24.5 Å². The monoisotopic (exact) mass is 426 g/mol. The minimum absolute atomic E-state index is 0.166. The number of carbonyl (C=O) groups is 1. The van der Waals surface area contributed by atoms with Crippen molar-refractivity contribution in [3.63, 3.8) is 0 Å². The SMILES string of the molecule is COc1ccc(-c2nc(NC(=O)c3cc(-c4cnn(C)c4C)n[nH]3)sc2C)cc1F. The number of benzene rings is 1. The van der Waals surface area contributed by atoms with Crippen LogP contribution >= 0.6 is 11.3 Å². The molecule has 0 aliphatic rings. The molecular weight excluding hydrogens is 407 g/mol. The predicted octanol–water partition coefficient (Wildman–Crippen LogP) is 3.95. The molecule has 4 rings (SSSR count). The lowest BCUT2D eigenvalue weighted by atomic mass is 10.1. The summed E-state index contributed by atoms with van der Waals surface area (Å²) in [5, 5.41) is 14.3. The summed E-state index contributed by atoms with van der Waals surface area (Å²) in [6.45, 7) is 3.79. The molecule has 0 saturated heterocycles. The van der Waals surface area contributed by atoms with Gasteiger partial charge in [-0.3, -0.25) is 19.9 Å². The number of methoxy groups -OCH3 is 1. The number of aromatic nitrogens is 5. The highest BCUT2D eigenvalue weighted by Gasteiger charge is 2.17. The van der Waals surface area contributed by atoms with Gasteiger partial charge in [-0.15, -0.1) is 11.3 Å². The first-order valence-corrected chi connectivity index (χ1v) is 9.86. The number of hydrogen-bond acceptors (Lipinski definition) is 6. The summed E-state index contributed by atoms with van der Waals surface area (Å²) in [6.07, 6.45) is 1.71. The average Bonchev–Trinajstić information content (AvgIpc) is 3.42. The number of hydrogen-bond donors (Lipinski definition) is 2. The highest BCUT2D eigenvalue weighted by atomic mass is 32.1. The number of nitrogens with zero attached hydrogens (tertiary/aromatic N) is 4. The highest BCUT2D eigenvalue weighted by Crippen LogP contribution is 2.32. The molecule has 0 saturated carbocycles. The lowest BCUT2D eigenvalue weighted by molar-refractivity contribution is 0.102. The Morgan fingerprint density at radius 3 is 2.77 bits per heavy atom. The van der Waals surface area contributed by atoms with Crippen LogP contribution in [0, 0.1) is 19.7 Å². The molecule has 0 fully saturated rings. The Morgan fingerprint density at radius 2 is 2.10 bits per heavy atom. The van der Waals surface area contributed by atoms with E-state index in [9.17, 15) is 9.18 Å². The molecule has 0 bridgehead atoms. The molecule has 1 aromatic carbocycles. The van der Waals surface area contributed by atoms with Gasteiger partial charge in [0, 0.05) is 28.7 Å². The molecule has 0 unspecified atom stereocenters. The van der Waals surface area contributed by atoms with Gasteiger partial charge in [0.2, 0.25) is 0 Å². The smallest absolute Gasteiger partial charge is 0.275 e. The molecule has 4 aromatic rings. The van der Waals surface area contributed by atoms with Crippen LogP contribution in [-0.2, 0) is 7.05 Å². The molecule has 0 atom stereocenters. The van der Waals surface area contributed by atoms with Crippen LogP contribution in [0.5, 0.6) is 5.75 Å². The summed E-state index contributed by atoms with van der Waals surface area (Å²) in [6, 6.07) is 6.31. The molecule has 0 spiro atoms. The number of nitrogens with one attached hydrogen (secondary N) is 2. The predicted molar refractivity (Wildman–Crippen MR) is 112 cm³/mol. The normalized spacial score (nSPS) is 11.0. The number of aromatic amines is 1. The minimum atomic E-state index is -0.469. The molecule has 10 heteroatoms. The standard InChI is InChI=1S/C20H19FN6O2S/c1-10-13(9-22-27(10)3)15-8-16(26-25-15)19(28)24-20-23-18(11(2)30-20)12-5-6-17(29-4)14(21)7-12/h5-9H,1-4H3,(H,25,26)(H,23,24,28). The van der Waals surface area contributed by atoms with E-state index in [1.807, 2.05) is 20.9 Å². The quantitative estimate of drug-likeness (QED) is 0.504. The van der Waals surface area contributed by atoms with Crippen molar-refractivity contribution in [2.24, 2.45) is 7.05 Å². The number of rotatable bonds is 5. The van der Waals surface area contributed by atoms with Gasteiger partial charge in [0.05, 0.1) is 24.7 Å². The maximum atomic E-state index is 14.0. The van der Waals surface area contributed by atoms with Crippen molar-refractivity contribution in [3.8, 4) is 28.3 Å². The van der Waals surface area contributed by atoms with Gasteiger partial charge in [-0.25, -0.2) is 9.37 Å². The van der Waals surface area contributed by atoms with Crippen molar-refractivity contribution >= 4 is 22.4 Å². The Hall–Kier alpha value is -3.53. The Bertz CT molecular complexity index is 1240. The van der Waals surface area contributed by atoms with Gasteiger partial charge in [0.25, 0.3) is 5.91 Å². The maximum absolute atomic E-state index is 14.0. The fourth-order valence-corrected chi connectivity index (χ4v) is 3.85. The van der Waals surface area contributed by atoms with Gasteiger partial charge in [0.1, 0.15) is 5.69 Å². The van der Waals surface area contributed by atoms with Crippen molar-refractivity contribution in [2.45, 2.75) is 13.8 Å². The number of halogens is 1. The third kappa shape index (κ3) is 3.57. The van der Waals surface area contributed by atoms with Crippen LogP contribution in [0.25, 0.3) is 22.5 Å². The van der Waals surface area contributed by atoms with Gasteiger partial charge in [-0.2, -0.15) is 10.2 Å². The van der Waals surface area contributed by atoms with Gasteiger partial charge in [-0.1, -0.05) is 0 Å². The van der Waals surface area contributed by atoms with Crippen molar-refractivity contribution < 1.29 is 13.9 Å². The van der Waals surface area contributed by atoms with Crippen molar-refractivity contribution in [2.75, 3.05) is 12.4 Å². The number of ether oxygens (including phenoxy) is 1. The molecule has 0 aliphatic carbocycles. The summed E-state index contributed by atoms with van der Waals surface area (Å²) in [5.74, 6) is -0.667. The number of anilines is 1. The van der Waals surface area contributed by atoms with Crippen LogP contribution < -0.4 is 10.1 Å².